The van der Waals surface area contributed by atoms with Crippen molar-refractivity contribution in [1.29, 1.82) is 0 Å². The van der Waals surface area contributed by atoms with Crippen LogP contribution in [0.1, 0.15) is 74.9 Å². The molecule has 0 spiro atoms. The molecule has 2 heterocycles. The maximum absolute atomic E-state index is 12.0. The van der Waals surface area contributed by atoms with Crippen LogP contribution in [0.5, 0.6) is 11.5 Å². The van der Waals surface area contributed by atoms with Crippen molar-refractivity contribution in [3.8, 4) is 11.5 Å². The summed E-state index contributed by atoms with van der Waals surface area (Å²) in [7, 11) is 0. The van der Waals surface area contributed by atoms with E-state index in [2.05, 4.69) is 27.7 Å². The van der Waals surface area contributed by atoms with Crippen molar-refractivity contribution in [2.45, 2.75) is 78.1 Å². The van der Waals surface area contributed by atoms with Crippen molar-refractivity contribution in [2.75, 3.05) is 0 Å². The topological polar surface area (TPSA) is 76.0 Å². The van der Waals surface area contributed by atoms with Crippen LogP contribution in [0.3, 0.4) is 0 Å². The zero-order valence-electron chi connectivity index (χ0n) is 17.2. The smallest absolute Gasteiger partial charge is 0.339 e. The highest BCUT2D eigenvalue weighted by atomic mass is 16.5. The van der Waals surface area contributed by atoms with E-state index < -0.39 is 0 Å². The zero-order valence-corrected chi connectivity index (χ0v) is 17.2. The number of benzene rings is 1. The minimum absolute atomic E-state index is 0.0329. The summed E-state index contributed by atoms with van der Waals surface area (Å²) in [4.78, 5) is 12.0. The molecule has 2 aliphatic heterocycles. The standard InChI is InChI=1S/C23H30O5/c1-21(2)16-5-8-23(4)17(22(16,3)7-6-18(21)25)10-13-15(24)9-12-14(19(13)28-23)11-27-20(12)26/h9,16-18,24-25H,5-8,10-11H2,1-4H3/t16-,17+,18-,22-,23-/m0/s1. The number of hydrogen-bond acceptors (Lipinski definition) is 5. The Morgan fingerprint density at radius 1 is 1.07 bits per heavy atom. The molecule has 152 valence electrons. The fourth-order valence-electron chi connectivity index (χ4n) is 7.10. The van der Waals surface area contributed by atoms with Gasteiger partial charge in [0.1, 0.15) is 23.7 Å². The second-order valence-electron chi connectivity index (χ2n) is 10.4. The number of esters is 1. The number of aromatic hydroxyl groups is 1. The second kappa shape index (κ2) is 5.44. The van der Waals surface area contributed by atoms with E-state index in [-0.39, 0.29) is 46.8 Å². The van der Waals surface area contributed by atoms with Gasteiger partial charge in [0.15, 0.2) is 0 Å². The van der Waals surface area contributed by atoms with Crippen LogP contribution in [0.4, 0.5) is 0 Å². The highest BCUT2D eigenvalue weighted by molar-refractivity contribution is 5.95. The lowest BCUT2D eigenvalue weighted by Crippen LogP contribution is -2.63. The van der Waals surface area contributed by atoms with Gasteiger partial charge >= 0.3 is 5.97 Å². The lowest BCUT2D eigenvalue weighted by atomic mass is 9.44. The summed E-state index contributed by atoms with van der Waals surface area (Å²) in [6.45, 7) is 9.17. The maximum atomic E-state index is 12.0. The van der Waals surface area contributed by atoms with Crippen LogP contribution in [0.15, 0.2) is 6.07 Å². The van der Waals surface area contributed by atoms with Crippen LogP contribution in [-0.2, 0) is 17.8 Å². The summed E-state index contributed by atoms with van der Waals surface area (Å²) in [6, 6.07) is 1.55. The summed E-state index contributed by atoms with van der Waals surface area (Å²) >= 11 is 0. The molecule has 0 bridgehead atoms. The van der Waals surface area contributed by atoms with Gasteiger partial charge in [-0.3, -0.25) is 0 Å². The molecule has 2 N–H and O–H groups in total. The van der Waals surface area contributed by atoms with Gasteiger partial charge in [-0.25, -0.2) is 4.79 Å². The van der Waals surface area contributed by atoms with E-state index in [0.717, 1.165) is 43.2 Å². The molecule has 0 aromatic heterocycles. The number of fused-ring (bicyclic) bond motifs is 6. The first-order valence-corrected chi connectivity index (χ1v) is 10.5. The molecule has 5 heteroatoms. The third-order valence-corrected chi connectivity index (χ3v) is 8.75. The van der Waals surface area contributed by atoms with E-state index in [1.165, 1.54) is 0 Å². The quantitative estimate of drug-likeness (QED) is 0.660. The number of phenols is 1. The molecule has 0 amide bonds. The van der Waals surface area contributed by atoms with Crippen LogP contribution >= 0.6 is 0 Å². The SMILES string of the molecule is CC1(C)[C@@H](O)CC[C@]2(C)[C@H]3Cc4c(O)cc5c(c4O[C@@]3(C)CC[C@@H]12)COC5=O. The summed E-state index contributed by atoms with van der Waals surface area (Å²) < 4.78 is 11.9. The van der Waals surface area contributed by atoms with Gasteiger partial charge in [0.05, 0.1) is 11.7 Å². The van der Waals surface area contributed by atoms with Gasteiger partial charge in [-0.1, -0.05) is 20.8 Å². The Labute approximate surface area is 166 Å². The number of carbonyl (C=O) groups is 1. The van der Waals surface area contributed by atoms with Gasteiger partial charge in [0, 0.05) is 17.0 Å². The number of carbonyl (C=O) groups excluding carboxylic acids is 1. The minimum Gasteiger partial charge on any atom is -0.508 e. The van der Waals surface area contributed by atoms with Gasteiger partial charge in [-0.15, -0.1) is 0 Å². The number of aliphatic hydroxyl groups is 1. The van der Waals surface area contributed by atoms with E-state index in [1.54, 1.807) is 6.07 Å². The van der Waals surface area contributed by atoms with E-state index in [0.29, 0.717) is 17.2 Å². The fourth-order valence-corrected chi connectivity index (χ4v) is 7.10. The van der Waals surface area contributed by atoms with Crippen LogP contribution < -0.4 is 4.74 Å². The van der Waals surface area contributed by atoms with Crippen LogP contribution in [0.25, 0.3) is 0 Å². The molecule has 1 aromatic rings. The molecule has 5 rings (SSSR count). The second-order valence-corrected chi connectivity index (χ2v) is 10.4. The van der Waals surface area contributed by atoms with Crippen LogP contribution in [0.2, 0.25) is 0 Å². The Morgan fingerprint density at radius 3 is 2.57 bits per heavy atom. The first-order valence-electron chi connectivity index (χ1n) is 10.5. The number of rotatable bonds is 0. The number of ether oxygens (including phenoxy) is 2. The third-order valence-electron chi connectivity index (χ3n) is 8.75. The van der Waals surface area contributed by atoms with Crippen molar-refractivity contribution in [3.05, 3.63) is 22.8 Å². The number of aliphatic hydroxyl groups excluding tert-OH is 1. The number of hydrogen-bond donors (Lipinski definition) is 2. The van der Waals surface area contributed by atoms with E-state index >= 15 is 0 Å². The van der Waals surface area contributed by atoms with Gasteiger partial charge in [0.25, 0.3) is 0 Å². The molecular formula is C23H30O5. The number of phenolic OH excluding ortho intramolecular Hbond substituents is 1. The highest BCUT2D eigenvalue weighted by Gasteiger charge is 2.62. The van der Waals surface area contributed by atoms with Crippen LogP contribution in [0, 0.1) is 22.7 Å². The summed E-state index contributed by atoms with van der Waals surface area (Å²) in [5, 5.41) is 21.4. The molecule has 4 aliphatic rings. The molecule has 5 nitrogen and oxygen atoms in total. The number of cyclic esters (lactones) is 1. The lowest BCUT2D eigenvalue weighted by molar-refractivity contribution is -0.191. The van der Waals surface area contributed by atoms with Crippen molar-refractivity contribution in [2.24, 2.45) is 22.7 Å². The Hall–Kier alpha value is -1.75. The Morgan fingerprint density at radius 2 is 1.82 bits per heavy atom. The minimum atomic E-state index is -0.386. The van der Waals surface area contributed by atoms with Crippen molar-refractivity contribution >= 4 is 5.97 Å². The van der Waals surface area contributed by atoms with Gasteiger partial charge in [0.2, 0.25) is 0 Å². The highest BCUT2D eigenvalue weighted by Crippen LogP contribution is 2.65. The predicted molar refractivity (Wildman–Crippen MR) is 103 cm³/mol. The van der Waals surface area contributed by atoms with Gasteiger partial charge in [-0.05, 0) is 61.8 Å². The van der Waals surface area contributed by atoms with Crippen molar-refractivity contribution in [3.63, 3.8) is 0 Å². The molecule has 2 fully saturated rings. The van der Waals surface area contributed by atoms with E-state index in [4.69, 9.17) is 9.47 Å². The molecular weight excluding hydrogens is 356 g/mol. The third kappa shape index (κ3) is 2.14. The molecule has 5 atom stereocenters. The predicted octanol–water partition coefficient (Wildman–Crippen LogP) is 3.97. The lowest BCUT2D eigenvalue weighted by Gasteiger charge is -2.64. The fraction of sp³-hybridized carbons (Fsp3) is 0.696. The van der Waals surface area contributed by atoms with E-state index in [9.17, 15) is 15.0 Å². The van der Waals surface area contributed by atoms with Gasteiger partial charge in [-0.2, -0.15) is 0 Å². The van der Waals surface area contributed by atoms with Crippen molar-refractivity contribution in [1.82, 2.24) is 0 Å². The molecule has 0 saturated heterocycles. The van der Waals surface area contributed by atoms with Crippen LogP contribution in [-0.4, -0.2) is 27.9 Å². The summed E-state index contributed by atoms with van der Waals surface area (Å²) in [5.74, 6) is 1.07. The van der Waals surface area contributed by atoms with E-state index in [1.807, 2.05) is 0 Å². The Bertz CT molecular complexity index is 874. The maximum Gasteiger partial charge on any atom is 0.339 e. The largest absolute Gasteiger partial charge is 0.508 e. The first-order chi connectivity index (χ1) is 13.1. The Kier molecular flexibility index (Phi) is 3.55. The normalized spacial score (nSPS) is 40.5. The average molecular weight is 386 g/mol. The molecule has 0 radical (unpaired) electrons. The first kappa shape index (κ1) is 18.3. The zero-order chi connectivity index (χ0) is 20.1. The molecule has 28 heavy (non-hydrogen) atoms. The molecule has 0 unspecified atom stereocenters. The van der Waals surface area contributed by atoms with Gasteiger partial charge < -0.3 is 19.7 Å². The monoisotopic (exact) mass is 386 g/mol. The van der Waals surface area contributed by atoms with Crippen molar-refractivity contribution < 1.29 is 24.5 Å². The summed E-state index contributed by atoms with van der Waals surface area (Å²) in [5.41, 5.74) is 1.58. The summed E-state index contributed by atoms with van der Waals surface area (Å²) in [6.07, 6.45) is 4.16. The average Bonchev–Trinajstić information content (AvgIpc) is 2.98. The molecule has 1 aromatic carbocycles. The Balaban J connectivity index is 1.62. The molecule has 2 saturated carbocycles. The molecule has 2 aliphatic carbocycles.